The summed E-state index contributed by atoms with van der Waals surface area (Å²) in [5.74, 6) is 2.17. The van der Waals surface area contributed by atoms with E-state index in [1.165, 1.54) is 50.1 Å². The Labute approximate surface area is 168 Å². The zero-order chi connectivity index (χ0) is 19.0. The van der Waals surface area contributed by atoms with Gasteiger partial charge in [0.05, 0.1) is 24.2 Å². The molecule has 0 unspecified atom stereocenters. The normalized spacial score (nSPS) is 15.6. The molecule has 1 saturated heterocycles. The van der Waals surface area contributed by atoms with Crippen molar-refractivity contribution in [1.82, 2.24) is 14.5 Å². The summed E-state index contributed by atoms with van der Waals surface area (Å²) in [6, 6.07) is 18.6. The van der Waals surface area contributed by atoms with E-state index in [4.69, 9.17) is 9.72 Å². The number of hydrogen-bond acceptors (Lipinski definition) is 3. The van der Waals surface area contributed by atoms with E-state index in [0.717, 1.165) is 43.8 Å². The second-order valence-electron chi connectivity index (χ2n) is 7.73. The van der Waals surface area contributed by atoms with E-state index in [1.807, 2.05) is 30.3 Å². The highest BCUT2D eigenvalue weighted by Gasteiger charge is 2.15. The van der Waals surface area contributed by atoms with Crippen molar-refractivity contribution >= 4 is 11.0 Å². The molecule has 0 radical (unpaired) electrons. The summed E-state index contributed by atoms with van der Waals surface area (Å²) >= 11 is 0. The lowest BCUT2D eigenvalue weighted by Crippen LogP contribution is -2.26. The van der Waals surface area contributed by atoms with Gasteiger partial charge in [-0.15, -0.1) is 0 Å². The number of benzene rings is 2. The Morgan fingerprint density at radius 1 is 0.821 bits per heavy atom. The molecule has 0 bridgehead atoms. The number of fused-ring (bicyclic) bond motifs is 1. The summed E-state index contributed by atoms with van der Waals surface area (Å²) < 4.78 is 8.28. The van der Waals surface area contributed by atoms with E-state index in [2.05, 4.69) is 33.7 Å². The third-order valence-electron chi connectivity index (χ3n) is 5.59. The molecule has 4 nitrogen and oxygen atoms in total. The smallest absolute Gasteiger partial charge is 0.124 e. The van der Waals surface area contributed by atoms with Gasteiger partial charge in [-0.25, -0.2) is 4.98 Å². The average Bonchev–Trinajstić information content (AvgIpc) is 2.88. The Balaban J connectivity index is 1.38. The number of hydrogen-bond donors (Lipinski definition) is 0. The fourth-order valence-corrected chi connectivity index (χ4v) is 4.07. The van der Waals surface area contributed by atoms with E-state index in [0.29, 0.717) is 0 Å². The van der Waals surface area contributed by atoms with Gasteiger partial charge in [-0.1, -0.05) is 43.2 Å². The Morgan fingerprint density at radius 2 is 1.57 bits per heavy atom. The van der Waals surface area contributed by atoms with Gasteiger partial charge < -0.3 is 9.30 Å². The lowest BCUT2D eigenvalue weighted by Gasteiger charge is -2.20. The quantitative estimate of drug-likeness (QED) is 0.501. The molecule has 0 aliphatic carbocycles. The average molecular weight is 378 g/mol. The Kier molecular flexibility index (Phi) is 6.61. The van der Waals surface area contributed by atoms with Gasteiger partial charge in [-0.2, -0.15) is 0 Å². The number of nitrogens with zero attached hydrogens (tertiary/aromatic N) is 3. The molecule has 148 valence electrons. The molecule has 4 heteroatoms. The van der Waals surface area contributed by atoms with Crippen molar-refractivity contribution in [2.24, 2.45) is 0 Å². The first kappa shape index (κ1) is 19.0. The lowest BCUT2D eigenvalue weighted by atomic mass is 10.2. The molecule has 4 rings (SSSR count). The molecule has 28 heavy (non-hydrogen) atoms. The number of likely N-dealkylation sites (tertiary alicyclic amines) is 1. The molecule has 2 aromatic carbocycles. The first-order valence-corrected chi connectivity index (χ1v) is 10.7. The van der Waals surface area contributed by atoms with Gasteiger partial charge in [0, 0.05) is 6.54 Å². The molecule has 0 spiro atoms. The van der Waals surface area contributed by atoms with Crippen LogP contribution in [0.25, 0.3) is 11.0 Å². The van der Waals surface area contributed by atoms with Crippen LogP contribution in [0.4, 0.5) is 0 Å². The summed E-state index contributed by atoms with van der Waals surface area (Å²) in [4.78, 5) is 7.56. The zero-order valence-electron chi connectivity index (χ0n) is 16.7. The van der Waals surface area contributed by atoms with E-state index < -0.39 is 0 Å². The monoisotopic (exact) mass is 377 g/mol. The van der Waals surface area contributed by atoms with Crippen LogP contribution in [-0.2, 0) is 13.1 Å². The number of aromatic nitrogens is 2. The Hall–Kier alpha value is -2.33. The van der Waals surface area contributed by atoms with Gasteiger partial charge in [0.15, 0.2) is 0 Å². The van der Waals surface area contributed by atoms with Crippen LogP contribution in [0.5, 0.6) is 5.75 Å². The predicted octanol–water partition coefficient (Wildman–Crippen LogP) is 5.27. The minimum absolute atomic E-state index is 0.762. The first-order chi connectivity index (χ1) is 13.9. The fourth-order valence-electron chi connectivity index (χ4n) is 4.07. The maximum atomic E-state index is 5.85. The SMILES string of the molecule is c1ccc(OCCCCn2c(CN3CCCCCC3)nc3ccccc32)cc1. The van der Waals surface area contributed by atoms with Crippen LogP contribution in [0.1, 0.15) is 44.3 Å². The maximum Gasteiger partial charge on any atom is 0.124 e. The van der Waals surface area contributed by atoms with Crippen molar-refractivity contribution in [1.29, 1.82) is 0 Å². The number of ether oxygens (including phenoxy) is 1. The van der Waals surface area contributed by atoms with Gasteiger partial charge in [-0.05, 0) is 63.0 Å². The molecule has 1 aliphatic heterocycles. The zero-order valence-corrected chi connectivity index (χ0v) is 16.7. The predicted molar refractivity (Wildman–Crippen MR) is 115 cm³/mol. The lowest BCUT2D eigenvalue weighted by molar-refractivity contribution is 0.265. The standard InChI is InChI=1S/C24H31N3O/c1-2-9-17-26(16-8-1)20-24-25-22-14-6-7-15-23(22)27(24)18-10-11-19-28-21-12-4-3-5-13-21/h3-7,12-15H,1-2,8-11,16-20H2. The van der Waals surface area contributed by atoms with Crippen molar-refractivity contribution in [3.63, 3.8) is 0 Å². The van der Waals surface area contributed by atoms with E-state index >= 15 is 0 Å². The molecular formula is C24H31N3O. The summed E-state index contributed by atoms with van der Waals surface area (Å²) in [7, 11) is 0. The number of imidazole rings is 1. The van der Waals surface area contributed by atoms with Crippen LogP contribution in [0.2, 0.25) is 0 Å². The van der Waals surface area contributed by atoms with E-state index in [9.17, 15) is 0 Å². The molecule has 1 fully saturated rings. The first-order valence-electron chi connectivity index (χ1n) is 10.7. The van der Waals surface area contributed by atoms with Crippen molar-refractivity contribution in [3.8, 4) is 5.75 Å². The third kappa shape index (κ3) is 4.93. The highest BCUT2D eigenvalue weighted by molar-refractivity contribution is 5.75. The second-order valence-corrected chi connectivity index (χ2v) is 7.73. The highest BCUT2D eigenvalue weighted by Crippen LogP contribution is 2.20. The Morgan fingerprint density at radius 3 is 2.39 bits per heavy atom. The minimum atomic E-state index is 0.762. The summed E-state index contributed by atoms with van der Waals surface area (Å²) in [6.07, 6.45) is 7.52. The van der Waals surface area contributed by atoms with E-state index in [1.54, 1.807) is 0 Å². The van der Waals surface area contributed by atoms with Crippen LogP contribution in [0.15, 0.2) is 54.6 Å². The van der Waals surface area contributed by atoms with Crippen molar-refractivity contribution in [2.45, 2.75) is 51.6 Å². The molecule has 1 aliphatic rings. The topological polar surface area (TPSA) is 30.3 Å². The van der Waals surface area contributed by atoms with Crippen molar-refractivity contribution in [2.75, 3.05) is 19.7 Å². The van der Waals surface area contributed by atoms with Crippen LogP contribution in [0, 0.1) is 0 Å². The van der Waals surface area contributed by atoms with Gasteiger partial charge in [0.25, 0.3) is 0 Å². The molecule has 0 saturated carbocycles. The molecule has 3 aromatic rings. The third-order valence-corrected chi connectivity index (χ3v) is 5.59. The summed E-state index contributed by atoms with van der Waals surface area (Å²) in [5.41, 5.74) is 2.38. The number of rotatable bonds is 8. The van der Waals surface area contributed by atoms with Gasteiger partial charge in [-0.3, -0.25) is 4.90 Å². The van der Waals surface area contributed by atoms with Gasteiger partial charge >= 0.3 is 0 Å². The van der Waals surface area contributed by atoms with E-state index in [-0.39, 0.29) is 0 Å². The fraction of sp³-hybridized carbons (Fsp3) is 0.458. The molecule has 1 aromatic heterocycles. The highest BCUT2D eigenvalue weighted by atomic mass is 16.5. The van der Waals surface area contributed by atoms with Gasteiger partial charge in [0.1, 0.15) is 11.6 Å². The van der Waals surface area contributed by atoms with Crippen LogP contribution < -0.4 is 4.74 Å². The van der Waals surface area contributed by atoms with Crippen LogP contribution in [0.3, 0.4) is 0 Å². The molecular weight excluding hydrogens is 346 g/mol. The molecule has 2 heterocycles. The molecule has 0 atom stereocenters. The molecule has 0 N–H and O–H groups in total. The van der Waals surface area contributed by atoms with Crippen molar-refractivity contribution < 1.29 is 4.74 Å². The molecule has 0 amide bonds. The van der Waals surface area contributed by atoms with Crippen LogP contribution >= 0.6 is 0 Å². The second kappa shape index (κ2) is 9.74. The minimum Gasteiger partial charge on any atom is -0.494 e. The maximum absolute atomic E-state index is 5.85. The summed E-state index contributed by atoms with van der Waals surface area (Å²) in [6.45, 7) is 5.14. The van der Waals surface area contributed by atoms with Crippen molar-refractivity contribution in [3.05, 3.63) is 60.4 Å². The number of unbranched alkanes of at least 4 members (excludes halogenated alkanes) is 1. The Bertz CT molecular complexity index is 851. The van der Waals surface area contributed by atoms with Crippen LogP contribution in [-0.4, -0.2) is 34.1 Å². The summed E-state index contributed by atoms with van der Waals surface area (Å²) in [5, 5.41) is 0. The van der Waals surface area contributed by atoms with Gasteiger partial charge in [0.2, 0.25) is 0 Å². The largest absolute Gasteiger partial charge is 0.494 e. The number of aryl methyl sites for hydroxylation is 1. The number of para-hydroxylation sites is 3.